The normalized spacial score (nSPS) is 17.8. The Kier molecular flexibility index (Phi) is 7.83. The predicted octanol–water partition coefficient (Wildman–Crippen LogP) is 3.09. The van der Waals surface area contributed by atoms with Crippen molar-refractivity contribution in [3.63, 3.8) is 0 Å². The molecule has 0 unspecified atom stereocenters. The van der Waals surface area contributed by atoms with Crippen molar-refractivity contribution < 1.29 is 23.9 Å². The minimum absolute atomic E-state index is 0.0893. The van der Waals surface area contributed by atoms with Crippen LogP contribution in [-0.4, -0.2) is 70.8 Å². The molecule has 12 heteroatoms. The Bertz CT molecular complexity index is 1210. The molecule has 2 aromatic heterocycles. The maximum atomic E-state index is 13.4. The zero-order chi connectivity index (χ0) is 24.9. The van der Waals surface area contributed by atoms with E-state index < -0.39 is 18.0 Å². The van der Waals surface area contributed by atoms with Gasteiger partial charge in [-0.2, -0.15) is 11.3 Å². The molecule has 4 rings (SSSR count). The summed E-state index contributed by atoms with van der Waals surface area (Å²) in [6, 6.07) is 8.79. The Balaban J connectivity index is 1.63. The lowest BCUT2D eigenvalue weighted by molar-refractivity contribution is -0.120. The SMILES string of the molecule is COC(=O)c1nnn([C@H]2C[C@@H](C(=O)Nc3cccc(SC)c3)N(Cc3ccsc3)C2)c1C(=O)OC. The summed E-state index contributed by atoms with van der Waals surface area (Å²) in [4.78, 5) is 41.2. The lowest BCUT2D eigenvalue weighted by atomic mass is 10.1. The monoisotopic (exact) mass is 515 g/mol. The van der Waals surface area contributed by atoms with Gasteiger partial charge in [-0.05, 0) is 53.3 Å². The molecule has 1 aliphatic heterocycles. The third-order valence-corrected chi connectivity index (χ3v) is 7.24. The van der Waals surface area contributed by atoms with E-state index in [4.69, 9.17) is 9.47 Å². The van der Waals surface area contributed by atoms with Gasteiger partial charge in [-0.3, -0.25) is 9.69 Å². The van der Waals surface area contributed by atoms with Crippen molar-refractivity contribution in [2.24, 2.45) is 0 Å². The lowest BCUT2D eigenvalue weighted by Crippen LogP contribution is -2.39. The van der Waals surface area contributed by atoms with Crippen LogP contribution in [0.3, 0.4) is 0 Å². The topological polar surface area (TPSA) is 116 Å². The van der Waals surface area contributed by atoms with Crippen LogP contribution in [0.15, 0.2) is 46.0 Å². The summed E-state index contributed by atoms with van der Waals surface area (Å²) >= 11 is 3.18. The Morgan fingerprint density at radius 2 is 2.00 bits per heavy atom. The van der Waals surface area contributed by atoms with E-state index in [0.717, 1.165) is 10.5 Å². The van der Waals surface area contributed by atoms with Crippen molar-refractivity contribution in [3.8, 4) is 0 Å². The number of hydrogen-bond acceptors (Lipinski definition) is 10. The van der Waals surface area contributed by atoms with Crippen molar-refractivity contribution in [1.29, 1.82) is 0 Å². The van der Waals surface area contributed by atoms with Gasteiger partial charge in [0.05, 0.1) is 26.3 Å². The number of likely N-dealkylation sites (tertiary alicyclic amines) is 1. The molecular formula is C23H25N5O5S2. The van der Waals surface area contributed by atoms with Gasteiger partial charge in [0.1, 0.15) is 0 Å². The van der Waals surface area contributed by atoms with Gasteiger partial charge in [0, 0.05) is 23.7 Å². The van der Waals surface area contributed by atoms with E-state index >= 15 is 0 Å². The predicted molar refractivity (Wildman–Crippen MR) is 132 cm³/mol. The number of esters is 2. The van der Waals surface area contributed by atoms with Crippen LogP contribution in [0.2, 0.25) is 0 Å². The third-order valence-electron chi connectivity index (χ3n) is 5.78. The Morgan fingerprint density at radius 1 is 1.20 bits per heavy atom. The van der Waals surface area contributed by atoms with Crippen molar-refractivity contribution in [3.05, 3.63) is 58.0 Å². The Labute approximate surface area is 210 Å². The number of aromatic nitrogens is 3. The molecule has 1 fully saturated rings. The van der Waals surface area contributed by atoms with E-state index in [0.29, 0.717) is 25.2 Å². The second-order valence-electron chi connectivity index (χ2n) is 7.90. The number of anilines is 1. The van der Waals surface area contributed by atoms with Gasteiger partial charge in [0.15, 0.2) is 5.69 Å². The molecular weight excluding hydrogens is 490 g/mol. The first kappa shape index (κ1) is 24.9. The highest BCUT2D eigenvalue weighted by Crippen LogP contribution is 2.31. The van der Waals surface area contributed by atoms with E-state index in [9.17, 15) is 14.4 Å². The second kappa shape index (κ2) is 11.0. The summed E-state index contributed by atoms with van der Waals surface area (Å²) in [6.45, 7) is 0.974. The van der Waals surface area contributed by atoms with Crippen LogP contribution < -0.4 is 5.32 Å². The zero-order valence-corrected chi connectivity index (χ0v) is 21.1. The summed E-state index contributed by atoms with van der Waals surface area (Å²) in [5.74, 6) is -1.69. The molecule has 1 amide bonds. The number of methoxy groups -OCH3 is 2. The number of amides is 1. The van der Waals surface area contributed by atoms with Crippen LogP contribution in [0, 0.1) is 0 Å². The minimum Gasteiger partial charge on any atom is -0.464 e. The van der Waals surface area contributed by atoms with Gasteiger partial charge < -0.3 is 14.8 Å². The van der Waals surface area contributed by atoms with Crippen molar-refractivity contribution in [1.82, 2.24) is 19.9 Å². The molecule has 35 heavy (non-hydrogen) atoms. The molecule has 0 bridgehead atoms. The van der Waals surface area contributed by atoms with Gasteiger partial charge in [-0.1, -0.05) is 11.3 Å². The number of carbonyl (C=O) groups is 3. The summed E-state index contributed by atoms with van der Waals surface area (Å²) < 4.78 is 11.0. The van der Waals surface area contributed by atoms with Crippen molar-refractivity contribution in [2.75, 3.05) is 32.3 Å². The number of nitrogens with one attached hydrogen (secondary N) is 1. The average Bonchev–Trinajstić information content (AvgIpc) is 3.63. The smallest absolute Gasteiger partial charge is 0.361 e. The fourth-order valence-electron chi connectivity index (χ4n) is 4.12. The number of nitrogens with zero attached hydrogens (tertiary/aromatic N) is 4. The molecule has 0 spiro atoms. The minimum atomic E-state index is -0.784. The van der Waals surface area contributed by atoms with E-state index in [1.165, 1.54) is 18.9 Å². The third kappa shape index (κ3) is 5.39. The largest absolute Gasteiger partial charge is 0.464 e. The molecule has 184 valence electrons. The van der Waals surface area contributed by atoms with E-state index in [1.807, 2.05) is 52.2 Å². The van der Waals surface area contributed by atoms with Crippen LogP contribution in [-0.2, 0) is 20.8 Å². The molecule has 1 saturated heterocycles. The highest BCUT2D eigenvalue weighted by atomic mass is 32.2. The average molecular weight is 516 g/mol. The van der Waals surface area contributed by atoms with Gasteiger partial charge in [0.2, 0.25) is 11.6 Å². The van der Waals surface area contributed by atoms with Crippen LogP contribution in [0.1, 0.15) is 39.0 Å². The molecule has 0 aliphatic carbocycles. The molecule has 3 aromatic rings. The van der Waals surface area contributed by atoms with Crippen LogP contribution >= 0.6 is 23.1 Å². The molecule has 1 N–H and O–H groups in total. The highest BCUT2D eigenvalue weighted by molar-refractivity contribution is 7.98. The molecule has 2 atom stereocenters. The molecule has 3 heterocycles. The van der Waals surface area contributed by atoms with Crippen LogP contribution in [0.4, 0.5) is 5.69 Å². The number of benzene rings is 1. The molecule has 1 aromatic carbocycles. The van der Waals surface area contributed by atoms with Gasteiger partial charge >= 0.3 is 11.9 Å². The number of thioether (sulfide) groups is 1. The number of carbonyl (C=O) groups excluding carboxylic acids is 3. The molecule has 1 aliphatic rings. The zero-order valence-electron chi connectivity index (χ0n) is 19.5. The van der Waals surface area contributed by atoms with Crippen LogP contribution in [0.5, 0.6) is 0 Å². The summed E-state index contributed by atoms with van der Waals surface area (Å²) in [7, 11) is 2.42. The number of ether oxygens (including phenoxy) is 2. The van der Waals surface area contributed by atoms with E-state index in [1.54, 1.807) is 23.1 Å². The molecule has 10 nitrogen and oxygen atoms in total. The fourth-order valence-corrected chi connectivity index (χ4v) is 5.24. The van der Waals surface area contributed by atoms with Gasteiger partial charge in [-0.25, -0.2) is 14.3 Å². The maximum absolute atomic E-state index is 13.4. The number of thiophene rings is 1. The number of rotatable bonds is 8. The summed E-state index contributed by atoms with van der Waals surface area (Å²) in [6.07, 6.45) is 2.34. The first-order valence-corrected chi connectivity index (χ1v) is 12.9. The summed E-state index contributed by atoms with van der Waals surface area (Å²) in [5.41, 5.74) is 1.49. The first-order valence-electron chi connectivity index (χ1n) is 10.8. The van der Waals surface area contributed by atoms with Crippen LogP contribution in [0.25, 0.3) is 0 Å². The fraction of sp³-hybridized carbons (Fsp3) is 0.348. The standard InChI is InChI=1S/C23H25N5O5S2/c1-32-22(30)19-20(23(31)33-2)28(26-25-19)16-10-18(27(12-16)11-14-7-8-35-13-14)21(29)24-15-5-4-6-17(9-15)34-3/h4-9,13,16,18H,10-12H2,1-3H3,(H,24,29)/t16-,18-/m0/s1. The lowest BCUT2D eigenvalue weighted by Gasteiger charge is -2.23. The number of hydrogen-bond donors (Lipinski definition) is 1. The van der Waals surface area contributed by atoms with E-state index in [2.05, 4.69) is 15.6 Å². The van der Waals surface area contributed by atoms with Crippen molar-refractivity contribution in [2.45, 2.75) is 29.9 Å². The van der Waals surface area contributed by atoms with Gasteiger partial charge in [-0.15, -0.1) is 16.9 Å². The maximum Gasteiger partial charge on any atom is 0.361 e. The van der Waals surface area contributed by atoms with Crippen molar-refractivity contribution >= 4 is 46.6 Å². The molecule has 0 saturated carbocycles. The highest BCUT2D eigenvalue weighted by Gasteiger charge is 2.41. The Morgan fingerprint density at radius 3 is 2.69 bits per heavy atom. The summed E-state index contributed by atoms with van der Waals surface area (Å²) in [5, 5.41) is 15.0. The Hall–Kier alpha value is -3.22. The van der Waals surface area contributed by atoms with Gasteiger partial charge in [0.25, 0.3) is 0 Å². The first-order chi connectivity index (χ1) is 16.9. The second-order valence-corrected chi connectivity index (χ2v) is 9.56. The van der Waals surface area contributed by atoms with E-state index in [-0.39, 0.29) is 23.3 Å². The quantitative estimate of drug-likeness (QED) is 0.357. The molecule has 0 radical (unpaired) electrons.